The van der Waals surface area contributed by atoms with Crippen LogP contribution in [0, 0.1) is 6.92 Å². The largest absolute Gasteiger partial charge is 0.325 e. The molecule has 0 fully saturated rings. The van der Waals surface area contributed by atoms with Crippen molar-refractivity contribution in [1.82, 2.24) is 10.3 Å². The maximum Gasteiger partial charge on any atom is 0.224 e. The molecule has 2 N–H and O–H groups in total. The summed E-state index contributed by atoms with van der Waals surface area (Å²) >= 11 is 5.75. The van der Waals surface area contributed by atoms with Gasteiger partial charge in [-0.15, -0.1) is 0 Å². The van der Waals surface area contributed by atoms with Crippen LogP contribution in [0.4, 0.5) is 5.69 Å². The van der Waals surface area contributed by atoms with E-state index in [1.165, 1.54) is 0 Å². The average Bonchev–Trinajstić information content (AvgIpc) is 2.28. The van der Waals surface area contributed by atoms with E-state index in [0.29, 0.717) is 17.6 Å². The van der Waals surface area contributed by atoms with Gasteiger partial charge in [0.1, 0.15) is 5.15 Å². The van der Waals surface area contributed by atoms with Gasteiger partial charge < -0.3 is 10.6 Å². The first kappa shape index (κ1) is 14.9. The molecule has 1 heterocycles. The van der Waals surface area contributed by atoms with Crippen LogP contribution in [0.25, 0.3) is 0 Å². The standard InChI is InChI=1S/C13H20ClN3O/c1-9(2)15-8-4-5-13(18)17-11-6-7-12(14)16-10(11)3/h6-7,9,15H,4-5,8H2,1-3H3,(H,17,18). The molecule has 0 unspecified atom stereocenters. The molecule has 0 saturated heterocycles. The number of nitrogens with one attached hydrogen (secondary N) is 2. The molecule has 0 spiro atoms. The topological polar surface area (TPSA) is 54.0 Å². The van der Waals surface area contributed by atoms with Crippen molar-refractivity contribution in [1.29, 1.82) is 0 Å². The lowest BCUT2D eigenvalue weighted by molar-refractivity contribution is -0.116. The summed E-state index contributed by atoms with van der Waals surface area (Å²) in [5, 5.41) is 6.55. The smallest absolute Gasteiger partial charge is 0.224 e. The van der Waals surface area contributed by atoms with Gasteiger partial charge in [-0.1, -0.05) is 25.4 Å². The van der Waals surface area contributed by atoms with E-state index in [9.17, 15) is 4.79 Å². The van der Waals surface area contributed by atoms with Crippen molar-refractivity contribution < 1.29 is 4.79 Å². The van der Waals surface area contributed by atoms with Crippen LogP contribution in [0.2, 0.25) is 5.15 Å². The van der Waals surface area contributed by atoms with Crippen LogP contribution < -0.4 is 10.6 Å². The van der Waals surface area contributed by atoms with Gasteiger partial charge in [-0.25, -0.2) is 4.98 Å². The second kappa shape index (κ2) is 7.34. The number of anilines is 1. The van der Waals surface area contributed by atoms with Gasteiger partial charge in [0.2, 0.25) is 5.91 Å². The molecule has 4 nitrogen and oxygen atoms in total. The summed E-state index contributed by atoms with van der Waals surface area (Å²) < 4.78 is 0. The number of rotatable bonds is 6. The van der Waals surface area contributed by atoms with Gasteiger partial charge in [0.15, 0.2) is 0 Å². The highest BCUT2D eigenvalue weighted by Gasteiger charge is 2.06. The van der Waals surface area contributed by atoms with Crippen LogP contribution in [-0.2, 0) is 4.79 Å². The summed E-state index contributed by atoms with van der Waals surface area (Å²) in [6.07, 6.45) is 1.33. The third-order valence-electron chi connectivity index (χ3n) is 2.46. The van der Waals surface area contributed by atoms with Crippen LogP contribution in [0.5, 0.6) is 0 Å². The first-order chi connectivity index (χ1) is 8.49. The quantitative estimate of drug-likeness (QED) is 0.617. The number of nitrogens with zero attached hydrogens (tertiary/aromatic N) is 1. The highest BCUT2D eigenvalue weighted by molar-refractivity contribution is 6.29. The lowest BCUT2D eigenvalue weighted by Crippen LogP contribution is -2.24. The third-order valence-corrected chi connectivity index (χ3v) is 2.67. The van der Waals surface area contributed by atoms with Gasteiger partial charge >= 0.3 is 0 Å². The lowest BCUT2D eigenvalue weighted by Gasteiger charge is -2.09. The van der Waals surface area contributed by atoms with Crippen LogP contribution in [0.15, 0.2) is 12.1 Å². The predicted octanol–water partition coefficient (Wildman–Crippen LogP) is 2.76. The third kappa shape index (κ3) is 5.47. The number of aryl methyl sites for hydroxylation is 1. The molecule has 1 rings (SSSR count). The zero-order valence-corrected chi connectivity index (χ0v) is 11.8. The first-order valence-corrected chi connectivity index (χ1v) is 6.53. The molecule has 0 bridgehead atoms. The van der Waals surface area contributed by atoms with Crippen molar-refractivity contribution in [2.75, 3.05) is 11.9 Å². The number of aromatic nitrogens is 1. The van der Waals surface area contributed by atoms with Crippen molar-refractivity contribution >= 4 is 23.2 Å². The predicted molar refractivity (Wildman–Crippen MR) is 75.0 cm³/mol. The number of pyridine rings is 1. The van der Waals surface area contributed by atoms with Crippen molar-refractivity contribution in [3.8, 4) is 0 Å². The summed E-state index contributed by atoms with van der Waals surface area (Å²) in [5.41, 5.74) is 1.46. The van der Waals surface area contributed by atoms with E-state index in [1.807, 2.05) is 6.92 Å². The van der Waals surface area contributed by atoms with Crippen LogP contribution >= 0.6 is 11.6 Å². The minimum atomic E-state index is 0.00720. The number of hydrogen-bond donors (Lipinski definition) is 2. The van der Waals surface area contributed by atoms with Gasteiger partial charge in [-0.2, -0.15) is 0 Å². The molecule has 1 aromatic rings. The second-order valence-corrected chi connectivity index (χ2v) is 4.91. The summed E-state index contributed by atoms with van der Waals surface area (Å²) in [7, 11) is 0. The van der Waals surface area contributed by atoms with E-state index in [2.05, 4.69) is 29.5 Å². The number of carbonyl (C=O) groups excluding carboxylic acids is 1. The van der Waals surface area contributed by atoms with Crippen molar-refractivity contribution in [3.05, 3.63) is 23.0 Å². The van der Waals surface area contributed by atoms with Gasteiger partial charge in [0.25, 0.3) is 0 Å². The Morgan fingerprint density at radius 1 is 1.44 bits per heavy atom. The minimum Gasteiger partial charge on any atom is -0.325 e. The Morgan fingerprint density at radius 3 is 2.78 bits per heavy atom. The monoisotopic (exact) mass is 269 g/mol. The molecule has 5 heteroatoms. The van der Waals surface area contributed by atoms with E-state index in [1.54, 1.807) is 12.1 Å². The Hall–Kier alpha value is -1.13. The molecule has 18 heavy (non-hydrogen) atoms. The molecule has 0 radical (unpaired) electrons. The van der Waals surface area contributed by atoms with Crippen molar-refractivity contribution in [3.63, 3.8) is 0 Å². The molecule has 1 amide bonds. The fourth-order valence-corrected chi connectivity index (χ4v) is 1.70. The van der Waals surface area contributed by atoms with Gasteiger partial charge in [-0.3, -0.25) is 4.79 Å². The Labute approximate surface area is 113 Å². The number of hydrogen-bond acceptors (Lipinski definition) is 3. The van der Waals surface area contributed by atoms with E-state index in [-0.39, 0.29) is 5.91 Å². The lowest BCUT2D eigenvalue weighted by atomic mass is 10.2. The highest BCUT2D eigenvalue weighted by atomic mass is 35.5. The number of halogens is 1. The summed E-state index contributed by atoms with van der Waals surface area (Å²) in [5.74, 6) is 0.00720. The Morgan fingerprint density at radius 2 is 2.17 bits per heavy atom. The van der Waals surface area contributed by atoms with E-state index in [4.69, 9.17) is 11.6 Å². The summed E-state index contributed by atoms with van der Waals surface area (Å²) in [4.78, 5) is 15.8. The zero-order chi connectivity index (χ0) is 13.5. The number of amides is 1. The Bertz CT molecular complexity index is 407. The fraction of sp³-hybridized carbons (Fsp3) is 0.538. The molecule has 0 aliphatic heterocycles. The fourth-order valence-electron chi connectivity index (χ4n) is 1.51. The van der Waals surface area contributed by atoms with E-state index < -0.39 is 0 Å². The van der Waals surface area contributed by atoms with Crippen LogP contribution in [-0.4, -0.2) is 23.5 Å². The van der Waals surface area contributed by atoms with Crippen molar-refractivity contribution in [2.24, 2.45) is 0 Å². The van der Waals surface area contributed by atoms with Gasteiger partial charge in [-0.05, 0) is 32.0 Å². The maximum absolute atomic E-state index is 11.7. The highest BCUT2D eigenvalue weighted by Crippen LogP contribution is 2.15. The molecule has 0 atom stereocenters. The van der Waals surface area contributed by atoms with Crippen LogP contribution in [0.3, 0.4) is 0 Å². The van der Waals surface area contributed by atoms with Gasteiger partial charge in [0, 0.05) is 12.5 Å². The summed E-state index contributed by atoms with van der Waals surface area (Å²) in [6, 6.07) is 3.90. The second-order valence-electron chi connectivity index (χ2n) is 4.53. The van der Waals surface area contributed by atoms with Crippen molar-refractivity contribution in [2.45, 2.75) is 39.7 Å². The molecular formula is C13H20ClN3O. The summed E-state index contributed by atoms with van der Waals surface area (Å²) in [6.45, 7) is 6.84. The minimum absolute atomic E-state index is 0.00720. The molecule has 100 valence electrons. The van der Waals surface area contributed by atoms with Crippen LogP contribution in [0.1, 0.15) is 32.4 Å². The Kier molecular flexibility index (Phi) is 6.09. The normalized spacial score (nSPS) is 10.7. The van der Waals surface area contributed by atoms with Gasteiger partial charge in [0.05, 0.1) is 11.4 Å². The molecule has 0 saturated carbocycles. The molecule has 0 aromatic carbocycles. The average molecular weight is 270 g/mol. The SMILES string of the molecule is Cc1nc(Cl)ccc1NC(=O)CCCNC(C)C. The molecule has 1 aromatic heterocycles. The Balaban J connectivity index is 2.35. The zero-order valence-electron chi connectivity index (χ0n) is 11.1. The molecular weight excluding hydrogens is 250 g/mol. The molecule has 0 aliphatic rings. The van der Waals surface area contributed by atoms with E-state index in [0.717, 1.165) is 24.3 Å². The maximum atomic E-state index is 11.7. The first-order valence-electron chi connectivity index (χ1n) is 6.15. The van der Waals surface area contributed by atoms with E-state index >= 15 is 0 Å². The number of carbonyl (C=O) groups is 1. The molecule has 0 aliphatic carbocycles.